The van der Waals surface area contributed by atoms with Crippen LogP contribution in [0.15, 0.2) is 85.6 Å². The third-order valence-electron chi connectivity index (χ3n) is 5.09. The molecule has 0 fully saturated rings. The van der Waals surface area contributed by atoms with E-state index >= 15 is 0 Å². The van der Waals surface area contributed by atoms with Crippen molar-refractivity contribution < 1.29 is 9.18 Å². The summed E-state index contributed by atoms with van der Waals surface area (Å²) in [6.45, 7) is 7.39. The second-order valence-electron chi connectivity index (χ2n) is 7.14. The summed E-state index contributed by atoms with van der Waals surface area (Å²) >= 11 is 0. The number of hydrogen-bond donors (Lipinski definition) is 0. The summed E-state index contributed by atoms with van der Waals surface area (Å²) in [7, 11) is 0. The number of amides is 1. The van der Waals surface area contributed by atoms with Crippen LogP contribution in [0.25, 0.3) is 0 Å². The van der Waals surface area contributed by atoms with Crippen molar-refractivity contribution in [1.29, 1.82) is 0 Å². The van der Waals surface area contributed by atoms with Crippen molar-refractivity contribution in [2.24, 2.45) is 0 Å². The molecule has 3 aromatic rings. The molecule has 0 bridgehead atoms. The van der Waals surface area contributed by atoms with Crippen molar-refractivity contribution >= 4 is 5.91 Å². The molecule has 4 heteroatoms. The fraction of sp³-hybridized carbons (Fsp3) is 0.240. The Balaban J connectivity index is 1.80. The molecule has 0 radical (unpaired) electrons. The molecule has 1 atom stereocenters. The van der Waals surface area contributed by atoms with Gasteiger partial charge in [0.1, 0.15) is 5.82 Å². The first-order valence-electron chi connectivity index (χ1n) is 9.95. The number of hydrogen-bond acceptors (Lipinski definition) is 1. The number of aromatic nitrogens is 1. The molecule has 0 aliphatic carbocycles. The lowest BCUT2D eigenvalue weighted by atomic mass is 9.95. The van der Waals surface area contributed by atoms with Gasteiger partial charge in [0, 0.05) is 25.0 Å². The summed E-state index contributed by atoms with van der Waals surface area (Å²) < 4.78 is 15.6. The third-order valence-corrected chi connectivity index (χ3v) is 5.09. The molecule has 2 aromatic carbocycles. The van der Waals surface area contributed by atoms with Crippen LogP contribution in [0, 0.1) is 5.82 Å². The third kappa shape index (κ3) is 5.23. The quantitative estimate of drug-likeness (QED) is 0.450. The maximum atomic E-state index is 13.5. The number of rotatable bonds is 9. The molecule has 0 unspecified atom stereocenters. The van der Waals surface area contributed by atoms with Gasteiger partial charge >= 0.3 is 0 Å². The van der Waals surface area contributed by atoms with Crippen LogP contribution in [-0.2, 0) is 17.9 Å². The molecule has 0 aliphatic rings. The largest absolute Gasteiger partial charge is 0.345 e. The van der Waals surface area contributed by atoms with Crippen LogP contribution in [0.2, 0.25) is 0 Å². The van der Waals surface area contributed by atoms with Crippen LogP contribution < -0.4 is 0 Å². The predicted molar refractivity (Wildman–Crippen MR) is 115 cm³/mol. The topological polar surface area (TPSA) is 25.2 Å². The zero-order chi connectivity index (χ0) is 20.6. The average Bonchev–Trinajstić information content (AvgIpc) is 3.15. The zero-order valence-corrected chi connectivity index (χ0v) is 16.8. The Morgan fingerprint density at radius 3 is 2.62 bits per heavy atom. The molecule has 0 spiro atoms. The normalized spacial score (nSPS) is 11.8. The first kappa shape index (κ1) is 20.6. The van der Waals surface area contributed by atoms with E-state index in [0.717, 1.165) is 23.2 Å². The van der Waals surface area contributed by atoms with Crippen LogP contribution >= 0.6 is 0 Å². The van der Waals surface area contributed by atoms with Gasteiger partial charge < -0.3 is 9.47 Å². The lowest BCUT2D eigenvalue weighted by Gasteiger charge is -2.27. The molecule has 1 amide bonds. The van der Waals surface area contributed by atoms with Gasteiger partial charge in [-0.3, -0.25) is 4.79 Å². The summed E-state index contributed by atoms with van der Waals surface area (Å²) in [5.41, 5.74) is 2.93. The van der Waals surface area contributed by atoms with E-state index in [9.17, 15) is 9.18 Å². The van der Waals surface area contributed by atoms with Gasteiger partial charge in [0.15, 0.2) is 0 Å². The first-order chi connectivity index (χ1) is 14.1. The molecule has 0 saturated heterocycles. The minimum Gasteiger partial charge on any atom is -0.345 e. The van der Waals surface area contributed by atoms with E-state index in [2.05, 4.69) is 11.1 Å². The fourth-order valence-electron chi connectivity index (χ4n) is 3.62. The lowest BCUT2D eigenvalue weighted by Crippen LogP contribution is -2.35. The van der Waals surface area contributed by atoms with E-state index in [-0.39, 0.29) is 17.6 Å². The van der Waals surface area contributed by atoms with Crippen LogP contribution in [0.1, 0.15) is 36.1 Å². The smallest absolute Gasteiger partial charge is 0.230 e. The minimum absolute atomic E-state index is 0.0945. The Morgan fingerprint density at radius 1 is 1.14 bits per heavy atom. The van der Waals surface area contributed by atoms with Crippen molar-refractivity contribution in [1.82, 2.24) is 9.47 Å². The van der Waals surface area contributed by atoms with E-state index in [0.29, 0.717) is 19.6 Å². The average molecular weight is 391 g/mol. The van der Waals surface area contributed by atoms with Crippen LogP contribution in [0.3, 0.4) is 0 Å². The molecule has 1 heterocycles. The number of halogens is 1. The molecular weight excluding hydrogens is 363 g/mol. The molecule has 3 rings (SSSR count). The minimum atomic E-state index is -0.242. The lowest BCUT2D eigenvalue weighted by molar-refractivity contribution is -0.133. The fourth-order valence-corrected chi connectivity index (χ4v) is 3.62. The molecule has 29 heavy (non-hydrogen) atoms. The van der Waals surface area contributed by atoms with Crippen molar-refractivity contribution in [2.75, 3.05) is 6.54 Å². The van der Waals surface area contributed by atoms with Gasteiger partial charge in [-0.15, -0.1) is 6.58 Å². The highest BCUT2D eigenvalue weighted by molar-refractivity contribution is 5.83. The molecular formula is C25H27FN2O. The summed E-state index contributed by atoms with van der Waals surface area (Å²) in [5, 5.41) is 0. The van der Waals surface area contributed by atoms with Gasteiger partial charge in [-0.05, 0) is 41.8 Å². The molecule has 150 valence electrons. The van der Waals surface area contributed by atoms with E-state index in [4.69, 9.17) is 0 Å². The summed E-state index contributed by atoms with van der Waals surface area (Å²) in [4.78, 5) is 15.2. The monoisotopic (exact) mass is 390 g/mol. The molecule has 0 saturated carbocycles. The molecule has 0 N–H and O–H groups in total. The highest BCUT2D eigenvalue weighted by Gasteiger charge is 2.24. The van der Waals surface area contributed by atoms with E-state index in [1.54, 1.807) is 18.2 Å². The van der Waals surface area contributed by atoms with Crippen molar-refractivity contribution in [2.45, 2.75) is 32.4 Å². The second kappa shape index (κ2) is 9.87. The number of benzene rings is 2. The molecule has 0 aliphatic heterocycles. The molecule has 3 nitrogen and oxygen atoms in total. The molecule has 1 aromatic heterocycles. The van der Waals surface area contributed by atoms with Crippen LogP contribution in [-0.4, -0.2) is 21.9 Å². The first-order valence-corrected chi connectivity index (χ1v) is 9.95. The van der Waals surface area contributed by atoms with Crippen molar-refractivity contribution in [3.63, 3.8) is 0 Å². The van der Waals surface area contributed by atoms with Crippen LogP contribution in [0.4, 0.5) is 4.39 Å². The van der Waals surface area contributed by atoms with E-state index in [1.165, 1.54) is 6.07 Å². The Kier molecular flexibility index (Phi) is 7.01. The highest BCUT2D eigenvalue weighted by atomic mass is 19.1. The van der Waals surface area contributed by atoms with Gasteiger partial charge in [0.2, 0.25) is 5.91 Å². The van der Waals surface area contributed by atoms with Crippen LogP contribution in [0.5, 0.6) is 0 Å². The maximum absolute atomic E-state index is 13.5. The summed E-state index contributed by atoms with van der Waals surface area (Å²) in [6.07, 6.45) is 4.46. The second-order valence-corrected chi connectivity index (χ2v) is 7.14. The highest BCUT2D eigenvalue weighted by Crippen LogP contribution is 2.23. The van der Waals surface area contributed by atoms with E-state index < -0.39 is 0 Å². The van der Waals surface area contributed by atoms with Crippen molar-refractivity contribution in [3.05, 3.63) is 108 Å². The summed E-state index contributed by atoms with van der Waals surface area (Å²) in [5.74, 6) is -0.326. The summed E-state index contributed by atoms with van der Waals surface area (Å²) in [6, 6.07) is 20.5. The maximum Gasteiger partial charge on any atom is 0.230 e. The zero-order valence-electron chi connectivity index (χ0n) is 16.8. The standard InChI is InChI=1S/C25H27FN2O/c1-3-15-28(25(29)24(4-2)21-11-6-5-7-12-21)19-23-14-9-16-27(23)18-20-10-8-13-22(26)17-20/h3,5-14,16-17,24H,1,4,15,18-19H2,2H3/t24-/m1/s1. The van der Waals surface area contributed by atoms with Crippen molar-refractivity contribution in [3.8, 4) is 0 Å². The van der Waals surface area contributed by atoms with Gasteiger partial charge in [0.25, 0.3) is 0 Å². The van der Waals surface area contributed by atoms with Gasteiger partial charge in [-0.25, -0.2) is 4.39 Å². The number of carbonyl (C=O) groups excluding carboxylic acids is 1. The van der Waals surface area contributed by atoms with Gasteiger partial charge in [-0.2, -0.15) is 0 Å². The Labute approximate surface area is 172 Å². The Morgan fingerprint density at radius 2 is 1.93 bits per heavy atom. The van der Waals surface area contributed by atoms with Gasteiger partial charge in [0.05, 0.1) is 12.5 Å². The van der Waals surface area contributed by atoms with E-state index in [1.807, 2.05) is 66.6 Å². The predicted octanol–water partition coefficient (Wildman–Crippen LogP) is 5.38. The number of carbonyl (C=O) groups is 1. The SMILES string of the molecule is C=CCN(Cc1cccn1Cc1cccc(F)c1)C(=O)[C@H](CC)c1ccccc1. The Hall–Kier alpha value is -3.14. The van der Waals surface area contributed by atoms with Gasteiger partial charge in [-0.1, -0.05) is 55.5 Å². The Bertz CT molecular complexity index is 948. The number of nitrogens with zero attached hydrogens (tertiary/aromatic N) is 2.